The van der Waals surface area contributed by atoms with Crippen LogP contribution in [0.5, 0.6) is 28.7 Å². The maximum absolute atomic E-state index is 5.77. The summed E-state index contributed by atoms with van der Waals surface area (Å²) in [6.45, 7) is 1.36. The number of ether oxygens (including phenoxy) is 5. The standard InChI is InChI=1S/C18H14N2O6/c1-2-13-17(22-7-6-21-13)14(3-1)23-9-16-19-18(20-26-16)11-4-5-12-15(8-11)25-10-24-12/h1-5,8H,6-7,9-10H2. The van der Waals surface area contributed by atoms with Crippen LogP contribution in [0, 0.1) is 0 Å². The Morgan fingerprint density at radius 1 is 0.923 bits per heavy atom. The summed E-state index contributed by atoms with van der Waals surface area (Å²) in [4.78, 5) is 4.36. The third-order valence-corrected chi connectivity index (χ3v) is 3.98. The predicted molar refractivity (Wildman–Crippen MR) is 87.6 cm³/mol. The first kappa shape index (κ1) is 14.9. The summed E-state index contributed by atoms with van der Waals surface area (Å²) in [6.07, 6.45) is 0. The summed E-state index contributed by atoms with van der Waals surface area (Å²) >= 11 is 0. The topological polar surface area (TPSA) is 85.1 Å². The highest BCUT2D eigenvalue weighted by Gasteiger charge is 2.19. The summed E-state index contributed by atoms with van der Waals surface area (Å²) in [5.41, 5.74) is 0.776. The second-order valence-corrected chi connectivity index (χ2v) is 5.65. The monoisotopic (exact) mass is 354 g/mol. The molecular weight excluding hydrogens is 340 g/mol. The van der Waals surface area contributed by atoms with E-state index in [2.05, 4.69) is 10.1 Å². The average Bonchev–Trinajstić information content (AvgIpc) is 3.35. The molecule has 0 atom stereocenters. The molecule has 132 valence electrons. The second kappa shape index (κ2) is 6.14. The number of fused-ring (bicyclic) bond motifs is 2. The molecule has 0 N–H and O–H groups in total. The van der Waals surface area contributed by atoms with E-state index in [1.165, 1.54) is 0 Å². The van der Waals surface area contributed by atoms with Crippen molar-refractivity contribution in [2.45, 2.75) is 6.61 Å². The summed E-state index contributed by atoms with van der Waals surface area (Å²) in [7, 11) is 0. The van der Waals surface area contributed by atoms with Crippen molar-refractivity contribution in [2.24, 2.45) is 0 Å². The van der Waals surface area contributed by atoms with E-state index in [0.717, 1.165) is 5.56 Å². The molecule has 3 heterocycles. The SMILES string of the molecule is c1cc2c(c(OCc3nc(-c4ccc5c(c4)OCO5)no3)c1)OCCO2. The fourth-order valence-corrected chi connectivity index (χ4v) is 2.77. The average molecular weight is 354 g/mol. The maximum Gasteiger partial charge on any atom is 0.264 e. The number of rotatable bonds is 4. The number of hydrogen-bond donors (Lipinski definition) is 0. The Labute approximate surface area is 148 Å². The molecule has 5 rings (SSSR count). The minimum atomic E-state index is 0.122. The van der Waals surface area contributed by atoms with Crippen molar-refractivity contribution in [1.29, 1.82) is 0 Å². The van der Waals surface area contributed by atoms with Crippen LogP contribution >= 0.6 is 0 Å². The zero-order valence-electron chi connectivity index (χ0n) is 13.6. The van der Waals surface area contributed by atoms with Gasteiger partial charge in [0.2, 0.25) is 18.4 Å². The molecule has 8 heteroatoms. The Morgan fingerprint density at radius 3 is 2.85 bits per heavy atom. The van der Waals surface area contributed by atoms with Crippen molar-refractivity contribution >= 4 is 0 Å². The van der Waals surface area contributed by atoms with Gasteiger partial charge >= 0.3 is 0 Å². The van der Waals surface area contributed by atoms with E-state index in [1.807, 2.05) is 36.4 Å². The molecule has 0 unspecified atom stereocenters. The van der Waals surface area contributed by atoms with E-state index >= 15 is 0 Å². The first-order valence-corrected chi connectivity index (χ1v) is 8.11. The fourth-order valence-electron chi connectivity index (χ4n) is 2.77. The van der Waals surface area contributed by atoms with Crippen molar-refractivity contribution in [3.8, 4) is 40.1 Å². The Kier molecular flexibility index (Phi) is 3.52. The lowest BCUT2D eigenvalue weighted by Crippen LogP contribution is -2.16. The maximum atomic E-state index is 5.77. The number of nitrogens with zero attached hydrogens (tertiary/aromatic N) is 2. The quantitative estimate of drug-likeness (QED) is 0.707. The molecule has 0 saturated heterocycles. The van der Waals surface area contributed by atoms with Gasteiger partial charge in [0.05, 0.1) is 0 Å². The fraction of sp³-hybridized carbons (Fsp3) is 0.222. The van der Waals surface area contributed by atoms with Crippen molar-refractivity contribution in [2.75, 3.05) is 20.0 Å². The van der Waals surface area contributed by atoms with Gasteiger partial charge in [0, 0.05) is 5.56 Å². The van der Waals surface area contributed by atoms with Gasteiger partial charge in [0.25, 0.3) is 5.89 Å². The van der Waals surface area contributed by atoms with Crippen molar-refractivity contribution in [3.63, 3.8) is 0 Å². The van der Waals surface area contributed by atoms with E-state index < -0.39 is 0 Å². The van der Waals surface area contributed by atoms with E-state index in [4.69, 9.17) is 28.2 Å². The minimum absolute atomic E-state index is 0.122. The van der Waals surface area contributed by atoms with E-state index in [-0.39, 0.29) is 13.4 Å². The summed E-state index contributed by atoms with van der Waals surface area (Å²) in [6, 6.07) is 11.0. The summed E-state index contributed by atoms with van der Waals surface area (Å²) in [5, 5.41) is 3.99. The highest BCUT2D eigenvalue weighted by Crippen LogP contribution is 2.39. The Balaban J connectivity index is 1.32. The van der Waals surface area contributed by atoms with Gasteiger partial charge in [-0.1, -0.05) is 11.2 Å². The lowest BCUT2D eigenvalue weighted by atomic mass is 10.2. The first-order chi connectivity index (χ1) is 12.9. The van der Waals surface area contributed by atoms with Crippen molar-refractivity contribution in [1.82, 2.24) is 10.1 Å². The minimum Gasteiger partial charge on any atom is -0.486 e. The molecule has 2 aliphatic rings. The second-order valence-electron chi connectivity index (χ2n) is 5.65. The normalized spacial score (nSPS) is 14.3. The molecule has 0 fully saturated rings. The highest BCUT2D eigenvalue weighted by atomic mass is 16.7. The van der Waals surface area contributed by atoms with E-state index in [0.29, 0.717) is 53.7 Å². The van der Waals surface area contributed by atoms with Gasteiger partial charge in [-0.3, -0.25) is 0 Å². The Morgan fingerprint density at radius 2 is 1.85 bits per heavy atom. The van der Waals surface area contributed by atoms with Gasteiger partial charge in [-0.05, 0) is 30.3 Å². The van der Waals surface area contributed by atoms with E-state index in [1.54, 1.807) is 0 Å². The third-order valence-electron chi connectivity index (χ3n) is 3.98. The molecule has 3 aromatic rings. The lowest BCUT2D eigenvalue weighted by Gasteiger charge is -2.20. The molecule has 0 spiro atoms. The molecule has 0 radical (unpaired) electrons. The number of benzene rings is 2. The van der Waals surface area contributed by atoms with Gasteiger partial charge in [-0.15, -0.1) is 0 Å². The zero-order valence-corrected chi connectivity index (χ0v) is 13.6. The van der Waals surface area contributed by atoms with Crippen LogP contribution in [0.3, 0.4) is 0 Å². The van der Waals surface area contributed by atoms with Crippen LogP contribution in [0.2, 0.25) is 0 Å². The number of para-hydroxylation sites is 1. The Hall–Kier alpha value is -3.42. The van der Waals surface area contributed by atoms with Crippen LogP contribution in [0.1, 0.15) is 5.89 Å². The first-order valence-electron chi connectivity index (χ1n) is 8.11. The molecule has 0 saturated carbocycles. The van der Waals surface area contributed by atoms with Crippen LogP contribution < -0.4 is 23.7 Å². The molecule has 0 bridgehead atoms. The van der Waals surface area contributed by atoms with Gasteiger partial charge in [-0.25, -0.2) is 0 Å². The molecule has 0 aliphatic carbocycles. The molecule has 1 aromatic heterocycles. The molecule has 0 amide bonds. The van der Waals surface area contributed by atoms with Crippen molar-refractivity contribution in [3.05, 3.63) is 42.3 Å². The predicted octanol–water partition coefficient (Wildman–Crippen LogP) is 2.82. The lowest BCUT2D eigenvalue weighted by molar-refractivity contribution is 0.157. The van der Waals surface area contributed by atoms with Gasteiger partial charge in [0.1, 0.15) is 13.2 Å². The molecule has 2 aromatic carbocycles. The van der Waals surface area contributed by atoms with Crippen LogP contribution in [-0.2, 0) is 6.61 Å². The van der Waals surface area contributed by atoms with Gasteiger partial charge < -0.3 is 28.2 Å². The third kappa shape index (κ3) is 2.65. The highest BCUT2D eigenvalue weighted by molar-refractivity contribution is 5.61. The van der Waals surface area contributed by atoms with Crippen LogP contribution in [0.4, 0.5) is 0 Å². The van der Waals surface area contributed by atoms with Gasteiger partial charge in [0.15, 0.2) is 29.6 Å². The van der Waals surface area contributed by atoms with Crippen molar-refractivity contribution < 1.29 is 28.2 Å². The molecule has 2 aliphatic heterocycles. The Bertz CT molecular complexity index is 955. The number of aromatic nitrogens is 2. The van der Waals surface area contributed by atoms with Crippen LogP contribution in [-0.4, -0.2) is 30.1 Å². The molecule has 26 heavy (non-hydrogen) atoms. The number of hydrogen-bond acceptors (Lipinski definition) is 8. The van der Waals surface area contributed by atoms with Gasteiger partial charge in [-0.2, -0.15) is 4.98 Å². The smallest absolute Gasteiger partial charge is 0.264 e. The summed E-state index contributed by atoms with van der Waals surface area (Å²) in [5.74, 6) is 4.01. The van der Waals surface area contributed by atoms with E-state index in [9.17, 15) is 0 Å². The van der Waals surface area contributed by atoms with Crippen LogP contribution in [0.15, 0.2) is 40.9 Å². The molecule has 8 nitrogen and oxygen atoms in total. The zero-order chi connectivity index (χ0) is 17.3. The van der Waals surface area contributed by atoms with Crippen LogP contribution in [0.25, 0.3) is 11.4 Å². The largest absolute Gasteiger partial charge is 0.486 e. The summed E-state index contributed by atoms with van der Waals surface area (Å²) < 4.78 is 32.9. The molecular formula is C18H14N2O6.